The number of rotatable bonds is 5. The lowest BCUT2D eigenvalue weighted by Gasteiger charge is -2.26. The minimum Gasteiger partial charge on any atom is -0.295 e. The van der Waals surface area contributed by atoms with E-state index in [1.807, 2.05) is 36.2 Å². The maximum atomic E-state index is 13.1. The average molecular weight is 398 g/mol. The highest BCUT2D eigenvalue weighted by atomic mass is 35.5. The molecule has 1 amide bonds. The molecule has 0 bridgehead atoms. The molecule has 2 aromatic carbocycles. The van der Waals surface area contributed by atoms with Gasteiger partial charge in [-0.15, -0.1) is 0 Å². The van der Waals surface area contributed by atoms with Gasteiger partial charge in [-0.1, -0.05) is 41.9 Å². The number of amides is 1. The van der Waals surface area contributed by atoms with E-state index in [0.717, 1.165) is 16.8 Å². The molecule has 3 rings (SSSR count). The Morgan fingerprint density at radius 2 is 1.93 bits per heavy atom. The van der Waals surface area contributed by atoms with Crippen LogP contribution >= 0.6 is 11.6 Å². The molecule has 0 aromatic heterocycles. The van der Waals surface area contributed by atoms with Crippen molar-refractivity contribution in [1.82, 2.24) is 9.91 Å². The highest BCUT2D eigenvalue weighted by molar-refractivity contribution is 6.31. The van der Waals surface area contributed by atoms with Gasteiger partial charge in [0.2, 0.25) is 0 Å². The lowest BCUT2D eigenvalue weighted by molar-refractivity contribution is -0.134. The molecule has 0 saturated carbocycles. The summed E-state index contributed by atoms with van der Waals surface area (Å²) in [6.45, 7) is 8.67. The Morgan fingerprint density at radius 1 is 1.21 bits per heavy atom. The number of halogens is 1. The summed E-state index contributed by atoms with van der Waals surface area (Å²) < 4.78 is 0. The van der Waals surface area contributed by atoms with Crippen LogP contribution in [-0.2, 0) is 4.79 Å². The zero-order valence-electron chi connectivity index (χ0n) is 17.2. The normalized spacial score (nSPS) is 16.8. The van der Waals surface area contributed by atoms with E-state index in [-0.39, 0.29) is 18.0 Å². The van der Waals surface area contributed by atoms with E-state index in [2.05, 4.69) is 45.9 Å². The van der Waals surface area contributed by atoms with Crippen LogP contribution in [0, 0.1) is 13.8 Å². The molecule has 4 nitrogen and oxygen atoms in total. The summed E-state index contributed by atoms with van der Waals surface area (Å²) in [6, 6.07) is 14.2. The van der Waals surface area contributed by atoms with E-state index in [1.165, 1.54) is 11.1 Å². The van der Waals surface area contributed by atoms with Gasteiger partial charge in [0.05, 0.1) is 18.3 Å². The zero-order valence-corrected chi connectivity index (χ0v) is 18.0. The second kappa shape index (κ2) is 8.46. The first-order valence-electron chi connectivity index (χ1n) is 9.69. The standard InChI is InChI=1S/C23H28ClN3O/c1-15(2)26(5)14-23(28)27-22(19-8-6-7-9-20(19)24)13-21(25-27)18-11-10-16(3)17(4)12-18/h6-12,15,22H,13-14H2,1-5H3/t22-/m1/s1. The van der Waals surface area contributed by atoms with Crippen LogP contribution in [0.1, 0.15) is 48.6 Å². The smallest absolute Gasteiger partial charge is 0.257 e. The van der Waals surface area contributed by atoms with Crippen molar-refractivity contribution in [3.63, 3.8) is 0 Å². The molecule has 2 aromatic rings. The van der Waals surface area contributed by atoms with Crippen molar-refractivity contribution in [2.75, 3.05) is 13.6 Å². The maximum Gasteiger partial charge on any atom is 0.257 e. The molecule has 0 spiro atoms. The molecule has 1 aliphatic rings. The van der Waals surface area contributed by atoms with Crippen molar-refractivity contribution < 1.29 is 4.79 Å². The predicted molar refractivity (Wildman–Crippen MR) is 116 cm³/mol. The fraction of sp³-hybridized carbons (Fsp3) is 0.391. The minimum absolute atomic E-state index is 0.0139. The summed E-state index contributed by atoms with van der Waals surface area (Å²) in [4.78, 5) is 15.1. The quantitative estimate of drug-likeness (QED) is 0.713. The van der Waals surface area contributed by atoms with Gasteiger partial charge < -0.3 is 0 Å². The third-order valence-electron chi connectivity index (χ3n) is 5.54. The molecule has 0 unspecified atom stereocenters. The van der Waals surface area contributed by atoms with Crippen LogP contribution in [0.25, 0.3) is 0 Å². The van der Waals surface area contributed by atoms with Crippen LogP contribution in [0.3, 0.4) is 0 Å². The topological polar surface area (TPSA) is 35.9 Å². The molecule has 1 aliphatic heterocycles. The van der Waals surface area contributed by atoms with E-state index >= 15 is 0 Å². The van der Waals surface area contributed by atoms with Gasteiger partial charge in [0.1, 0.15) is 0 Å². The summed E-state index contributed by atoms with van der Waals surface area (Å²) in [5.41, 5.74) is 5.39. The molecule has 5 heteroatoms. The Morgan fingerprint density at radius 3 is 2.57 bits per heavy atom. The molecule has 0 N–H and O–H groups in total. The molecule has 1 heterocycles. The second-order valence-electron chi connectivity index (χ2n) is 7.83. The van der Waals surface area contributed by atoms with E-state index in [0.29, 0.717) is 18.0 Å². The third-order valence-corrected chi connectivity index (χ3v) is 5.88. The van der Waals surface area contributed by atoms with Crippen molar-refractivity contribution in [3.8, 4) is 0 Å². The van der Waals surface area contributed by atoms with Gasteiger partial charge in [-0.05, 0) is 69.1 Å². The predicted octanol–water partition coefficient (Wildman–Crippen LogP) is 4.97. The SMILES string of the molecule is Cc1ccc(C2=NN(C(=O)CN(C)C(C)C)[C@@H](c3ccccc3Cl)C2)cc1C. The van der Waals surface area contributed by atoms with Gasteiger partial charge in [-0.2, -0.15) is 5.10 Å². The molecule has 0 fully saturated rings. The lowest BCUT2D eigenvalue weighted by atomic mass is 9.96. The van der Waals surface area contributed by atoms with Gasteiger partial charge in [0.25, 0.3) is 5.91 Å². The molecule has 148 valence electrons. The average Bonchev–Trinajstić information content (AvgIpc) is 3.09. The van der Waals surface area contributed by atoms with Crippen LogP contribution in [0.2, 0.25) is 5.02 Å². The van der Waals surface area contributed by atoms with Crippen LogP contribution in [0.15, 0.2) is 47.6 Å². The fourth-order valence-electron chi connectivity index (χ4n) is 3.29. The van der Waals surface area contributed by atoms with Crippen LogP contribution in [-0.4, -0.2) is 41.2 Å². The largest absolute Gasteiger partial charge is 0.295 e. The van der Waals surface area contributed by atoms with Crippen molar-refractivity contribution in [2.45, 2.75) is 46.2 Å². The summed E-state index contributed by atoms with van der Waals surface area (Å²) >= 11 is 6.47. The maximum absolute atomic E-state index is 13.1. The highest BCUT2D eigenvalue weighted by Crippen LogP contribution is 2.36. The lowest BCUT2D eigenvalue weighted by Crippen LogP contribution is -2.39. The van der Waals surface area contributed by atoms with Crippen LogP contribution in [0.5, 0.6) is 0 Å². The molecular formula is C23H28ClN3O. The highest BCUT2D eigenvalue weighted by Gasteiger charge is 2.34. The number of aryl methyl sites for hydroxylation is 2. The Labute approximate surface area is 172 Å². The summed E-state index contributed by atoms with van der Waals surface area (Å²) in [7, 11) is 1.96. The van der Waals surface area contributed by atoms with Gasteiger partial charge in [0.15, 0.2) is 0 Å². The molecule has 28 heavy (non-hydrogen) atoms. The third kappa shape index (κ3) is 4.29. The Bertz CT molecular complexity index is 906. The number of likely N-dealkylation sites (N-methyl/N-ethyl adjacent to an activating group) is 1. The van der Waals surface area contributed by atoms with Crippen molar-refractivity contribution in [1.29, 1.82) is 0 Å². The van der Waals surface area contributed by atoms with Crippen molar-refractivity contribution in [2.24, 2.45) is 5.10 Å². The van der Waals surface area contributed by atoms with E-state index in [1.54, 1.807) is 5.01 Å². The van der Waals surface area contributed by atoms with Crippen molar-refractivity contribution in [3.05, 3.63) is 69.7 Å². The first-order chi connectivity index (χ1) is 13.3. The summed E-state index contributed by atoms with van der Waals surface area (Å²) in [5, 5.41) is 7.05. The van der Waals surface area contributed by atoms with Crippen LogP contribution < -0.4 is 0 Å². The van der Waals surface area contributed by atoms with E-state index in [4.69, 9.17) is 16.7 Å². The van der Waals surface area contributed by atoms with Gasteiger partial charge in [-0.3, -0.25) is 9.69 Å². The number of carbonyl (C=O) groups is 1. The molecular weight excluding hydrogens is 370 g/mol. The number of hydrazone groups is 1. The second-order valence-corrected chi connectivity index (χ2v) is 8.24. The first kappa shape index (κ1) is 20.6. The number of nitrogens with zero attached hydrogens (tertiary/aromatic N) is 3. The Kier molecular flexibility index (Phi) is 6.21. The molecule has 0 radical (unpaired) electrons. The van der Waals surface area contributed by atoms with E-state index < -0.39 is 0 Å². The summed E-state index contributed by atoms with van der Waals surface area (Å²) in [6.07, 6.45) is 0.656. The molecule has 1 atom stereocenters. The number of hydrogen-bond acceptors (Lipinski definition) is 3. The fourth-order valence-corrected chi connectivity index (χ4v) is 3.55. The van der Waals surface area contributed by atoms with Crippen molar-refractivity contribution >= 4 is 23.2 Å². The molecule has 0 saturated heterocycles. The van der Waals surface area contributed by atoms with Gasteiger partial charge in [0, 0.05) is 17.5 Å². The molecule has 0 aliphatic carbocycles. The monoisotopic (exact) mass is 397 g/mol. The number of hydrogen-bond donors (Lipinski definition) is 0. The number of benzene rings is 2. The van der Waals surface area contributed by atoms with Gasteiger partial charge >= 0.3 is 0 Å². The van der Waals surface area contributed by atoms with Gasteiger partial charge in [-0.25, -0.2) is 5.01 Å². The summed E-state index contributed by atoms with van der Waals surface area (Å²) in [5.74, 6) is -0.0139. The zero-order chi connectivity index (χ0) is 20.4. The van der Waals surface area contributed by atoms with E-state index in [9.17, 15) is 4.79 Å². The Hall–Kier alpha value is -2.17. The van der Waals surface area contributed by atoms with Crippen LogP contribution in [0.4, 0.5) is 0 Å². The first-order valence-corrected chi connectivity index (χ1v) is 10.1. The minimum atomic E-state index is -0.182. The Balaban J connectivity index is 1.96. The number of carbonyl (C=O) groups excluding carboxylic acids is 1.